The highest BCUT2D eigenvalue weighted by atomic mass is 16.1. The van der Waals surface area contributed by atoms with Gasteiger partial charge in [0.15, 0.2) is 5.78 Å². The van der Waals surface area contributed by atoms with E-state index in [1.54, 1.807) is 18.5 Å². The van der Waals surface area contributed by atoms with Crippen molar-refractivity contribution in [3.8, 4) is 0 Å². The van der Waals surface area contributed by atoms with Crippen molar-refractivity contribution in [2.45, 2.75) is 53.5 Å². The molecule has 0 atom stereocenters. The van der Waals surface area contributed by atoms with Gasteiger partial charge in [0.25, 0.3) is 0 Å². The molecule has 0 spiro atoms. The van der Waals surface area contributed by atoms with E-state index in [-0.39, 0.29) is 27.7 Å². The van der Waals surface area contributed by atoms with Crippen LogP contribution in [0.3, 0.4) is 0 Å². The summed E-state index contributed by atoms with van der Waals surface area (Å²) in [4.78, 5) is 31.3. The van der Waals surface area contributed by atoms with Crippen molar-refractivity contribution in [3.05, 3.63) is 88.0 Å². The lowest BCUT2D eigenvalue weighted by atomic mass is 9.81. The minimum Gasteiger partial charge on any atom is -0.341 e. The third-order valence-corrected chi connectivity index (χ3v) is 5.90. The molecule has 0 fully saturated rings. The fourth-order valence-electron chi connectivity index (χ4n) is 4.85. The number of benzene rings is 2. The van der Waals surface area contributed by atoms with Gasteiger partial charge in [-0.1, -0.05) is 57.2 Å². The summed E-state index contributed by atoms with van der Waals surface area (Å²) in [6, 6.07) is 15.4. The molecule has 4 nitrogen and oxygen atoms in total. The molecule has 0 aliphatic rings. The minimum absolute atomic E-state index is 0.0730. The number of rotatable bonds is 4. The fraction of sp³-hybridized carbons (Fsp3) is 0.321. The van der Waals surface area contributed by atoms with Crippen LogP contribution in [0, 0.1) is 12.3 Å². The van der Waals surface area contributed by atoms with E-state index in [9.17, 15) is 9.59 Å². The number of hydrogen-bond acceptors (Lipinski definition) is 3. The molecule has 0 N–H and O–H groups in total. The Bertz CT molecular complexity index is 1400. The van der Waals surface area contributed by atoms with Crippen LogP contribution in [0.25, 0.3) is 21.7 Å². The Labute approximate surface area is 188 Å². The summed E-state index contributed by atoms with van der Waals surface area (Å²) < 4.78 is 2.10. The Morgan fingerprint density at radius 1 is 0.969 bits per heavy atom. The highest BCUT2D eigenvalue weighted by molar-refractivity contribution is 6.11. The van der Waals surface area contributed by atoms with Crippen LogP contribution in [0.1, 0.15) is 62.7 Å². The maximum atomic E-state index is 13.6. The number of aryl methyl sites for hydroxylation is 1. The number of nitrogens with zero attached hydrogens (tertiary/aromatic N) is 2. The molecule has 4 heteroatoms. The number of carbonyl (C=O) groups is 1. The third kappa shape index (κ3) is 4.10. The Morgan fingerprint density at radius 2 is 1.66 bits per heavy atom. The molecule has 0 aliphatic heterocycles. The zero-order chi connectivity index (χ0) is 23.3. The molecule has 2 aromatic heterocycles. The van der Waals surface area contributed by atoms with Crippen LogP contribution in [0.15, 0.2) is 65.7 Å². The number of ketones is 1. The zero-order valence-electron chi connectivity index (χ0n) is 19.7. The number of fused-ring (bicyclic) bond motifs is 2. The van der Waals surface area contributed by atoms with E-state index in [1.165, 1.54) is 0 Å². The van der Waals surface area contributed by atoms with Gasteiger partial charge >= 0.3 is 0 Å². The number of pyridine rings is 2. The van der Waals surface area contributed by atoms with Crippen molar-refractivity contribution in [1.29, 1.82) is 0 Å². The SMILES string of the molecule is Cc1cc2c(cn1)c(=O)c(C(=O)c1ccc3ccccc3c1)cn2C(C)(C)CC(C)(C)C. The monoisotopic (exact) mass is 426 g/mol. The van der Waals surface area contributed by atoms with E-state index >= 15 is 0 Å². The predicted molar refractivity (Wildman–Crippen MR) is 132 cm³/mol. The topological polar surface area (TPSA) is 52.0 Å². The molecule has 0 unspecified atom stereocenters. The van der Waals surface area contributed by atoms with Crippen LogP contribution in [-0.4, -0.2) is 15.3 Å². The van der Waals surface area contributed by atoms with Gasteiger partial charge in [0.05, 0.1) is 16.5 Å². The van der Waals surface area contributed by atoms with Gasteiger partial charge in [-0.25, -0.2) is 0 Å². The first-order valence-electron chi connectivity index (χ1n) is 11.0. The van der Waals surface area contributed by atoms with Crippen molar-refractivity contribution >= 4 is 27.5 Å². The van der Waals surface area contributed by atoms with Gasteiger partial charge in [0.1, 0.15) is 0 Å². The first kappa shape index (κ1) is 21.9. The first-order chi connectivity index (χ1) is 15.0. The average Bonchev–Trinajstić information content (AvgIpc) is 2.71. The highest BCUT2D eigenvalue weighted by Gasteiger charge is 2.30. The van der Waals surface area contributed by atoms with Crippen LogP contribution >= 0.6 is 0 Å². The lowest BCUT2D eigenvalue weighted by molar-refractivity contribution is 0.103. The molecule has 0 amide bonds. The van der Waals surface area contributed by atoms with Crippen molar-refractivity contribution in [2.75, 3.05) is 0 Å². The summed E-state index contributed by atoms with van der Waals surface area (Å²) in [5.74, 6) is -0.261. The molecule has 2 heterocycles. The van der Waals surface area contributed by atoms with Crippen LogP contribution in [0.2, 0.25) is 0 Å². The standard InChI is InChI=1S/C28H30N2O2/c1-18-13-24-22(15-29-18)26(32)23(16-30(24)28(5,6)17-27(2,3)4)25(31)21-12-11-19-9-7-8-10-20(19)14-21/h7-16H,17H2,1-6H3. The summed E-state index contributed by atoms with van der Waals surface area (Å²) in [5, 5.41) is 2.51. The summed E-state index contributed by atoms with van der Waals surface area (Å²) in [6.07, 6.45) is 4.24. The molecular weight excluding hydrogens is 396 g/mol. The Balaban J connectivity index is 1.95. The maximum absolute atomic E-state index is 13.6. The van der Waals surface area contributed by atoms with Gasteiger partial charge in [-0.2, -0.15) is 0 Å². The number of aromatic nitrogens is 2. The molecule has 0 saturated heterocycles. The summed E-state index contributed by atoms with van der Waals surface area (Å²) in [7, 11) is 0. The Morgan fingerprint density at radius 3 is 2.34 bits per heavy atom. The van der Waals surface area contributed by atoms with Crippen molar-refractivity contribution in [2.24, 2.45) is 5.41 Å². The van der Waals surface area contributed by atoms with Gasteiger partial charge in [0, 0.05) is 29.2 Å². The molecule has 2 aromatic carbocycles. The zero-order valence-corrected chi connectivity index (χ0v) is 19.7. The van der Waals surface area contributed by atoms with E-state index in [0.29, 0.717) is 10.9 Å². The van der Waals surface area contributed by atoms with Crippen molar-refractivity contribution in [1.82, 2.24) is 9.55 Å². The minimum atomic E-state index is -0.309. The Hall–Kier alpha value is -3.27. The predicted octanol–water partition coefficient (Wildman–Crippen LogP) is 6.26. The van der Waals surface area contributed by atoms with Gasteiger partial charge in [-0.3, -0.25) is 14.6 Å². The average molecular weight is 427 g/mol. The van der Waals surface area contributed by atoms with E-state index < -0.39 is 0 Å². The first-order valence-corrected chi connectivity index (χ1v) is 11.0. The summed E-state index contributed by atoms with van der Waals surface area (Å²) >= 11 is 0. The second-order valence-electron chi connectivity index (χ2n) is 10.5. The van der Waals surface area contributed by atoms with Crippen LogP contribution in [0.4, 0.5) is 0 Å². The second kappa shape index (κ2) is 7.70. The maximum Gasteiger partial charge on any atom is 0.202 e. The summed E-state index contributed by atoms with van der Waals surface area (Å²) in [6.45, 7) is 12.8. The Kier molecular flexibility index (Phi) is 5.28. The van der Waals surface area contributed by atoms with Crippen LogP contribution in [0.5, 0.6) is 0 Å². The van der Waals surface area contributed by atoms with E-state index in [2.05, 4.69) is 44.2 Å². The third-order valence-electron chi connectivity index (χ3n) is 5.90. The van der Waals surface area contributed by atoms with E-state index in [0.717, 1.165) is 28.4 Å². The largest absolute Gasteiger partial charge is 0.341 e. The molecule has 0 radical (unpaired) electrons. The lowest BCUT2D eigenvalue weighted by Gasteiger charge is -2.36. The molecule has 0 saturated carbocycles. The molecule has 4 rings (SSSR count). The van der Waals surface area contributed by atoms with E-state index in [4.69, 9.17) is 0 Å². The second-order valence-corrected chi connectivity index (χ2v) is 10.5. The van der Waals surface area contributed by atoms with E-state index in [1.807, 2.05) is 49.4 Å². The quantitative estimate of drug-likeness (QED) is 0.362. The van der Waals surface area contributed by atoms with Gasteiger partial charge < -0.3 is 4.57 Å². The molecule has 32 heavy (non-hydrogen) atoms. The summed E-state index contributed by atoms with van der Waals surface area (Å²) in [5.41, 5.74) is 1.84. The smallest absolute Gasteiger partial charge is 0.202 e. The molecular formula is C28H30N2O2. The van der Waals surface area contributed by atoms with Gasteiger partial charge in [-0.05, 0) is 55.5 Å². The lowest BCUT2D eigenvalue weighted by Crippen LogP contribution is -2.34. The van der Waals surface area contributed by atoms with Crippen LogP contribution < -0.4 is 5.43 Å². The molecule has 0 aliphatic carbocycles. The number of carbonyl (C=O) groups excluding carboxylic acids is 1. The fourth-order valence-corrected chi connectivity index (χ4v) is 4.85. The van der Waals surface area contributed by atoms with Crippen LogP contribution in [-0.2, 0) is 5.54 Å². The van der Waals surface area contributed by atoms with Gasteiger partial charge in [-0.15, -0.1) is 0 Å². The highest BCUT2D eigenvalue weighted by Crippen LogP contribution is 2.34. The van der Waals surface area contributed by atoms with Gasteiger partial charge in [0.2, 0.25) is 5.43 Å². The van der Waals surface area contributed by atoms with Crippen molar-refractivity contribution < 1.29 is 4.79 Å². The number of hydrogen-bond donors (Lipinski definition) is 0. The molecule has 4 aromatic rings. The molecule has 0 bridgehead atoms. The van der Waals surface area contributed by atoms with Crippen molar-refractivity contribution in [3.63, 3.8) is 0 Å². The molecule has 164 valence electrons. The normalized spacial score (nSPS) is 12.4.